The van der Waals surface area contributed by atoms with E-state index in [1.165, 1.54) is 18.2 Å². The number of phenols is 1. The van der Waals surface area contributed by atoms with Crippen LogP contribution in [0.3, 0.4) is 0 Å². The summed E-state index contributed by atoms with van der Waals surface area (Å²) in [4.78, 5) is 28.5. The predicted octanol–water partition coefficient (Wildman–Crippen LogP) is 6.01. The SMILES string of the molecule is Cc1cc(C(=O)O)c(O)c(C(=O)C=Cc2cccc(C=Cc3ccc4ccccc4n3)c2)c1. The maximum absolute atomic E-state index is 12.6. The van der Waals surface area contributed by atoms with Gasteiger partial charge >= 0.3 is 5.97 Å². The van der Waals surface area contributed by atoms with Gasteiger partial charge in [-0.3, -0.25) is 4.79 Å². The lowest BCUT2D eigenvalue weighted by molar-refractivity contribution is 0.0693. The number of aromatic carboxylic acids is 1. The maximum atomic E-state index is 12.6. The number of carboxylic acids is 1. The first-order valence-electron chi connectivity index (χ1n) is 10.3. The molecule has 4 aromatic rings. The van der Waals surface area contributed by atoms with Crippen LogP contribution in [-0.4, -0.2) is 26.9 Å². The van der Waals surface area contributed by atoms with E-state index in [1.807, 2.05) is 72.8 Å². The first-order chi connectivity index (χ1) is 15.9. The van der Waals surface area contributed by atoms with Gasteiger partial charge in [0.15, 0.2) is 5.78 Å². The summed E-state index contributed by atoms with van der Waals surface area (Å²) in [6, 6.07) is 22.3. The molecule has 4 rings (SSSR count). The fraction of sp³-hybridized carbons (Fsp3) is 0.0357. The molecule has 0 aliphatic heterocycles. The van der Waals surface area contributed by atoms with Crippen LogP contribution in [0.1, 0.15) is 43.1 Å². The molecular weight excluding hydrogens is 414 g/mol. The summed E-state index contributed by atoms with van der Waals surface area (Å²) in [5.41, 5.74) is 3.75. The number of hydrogen-bond acceptors (Lipinski definition) is 4. The number of aromatic nitrogens is 1. The number of carboxylic acid groups (broad SMARTS) is 1. The van der Waals surface area contributed by atoms with Gasteiger partial charge in [0.25, 0.3) is 0 Å². The zero-order valence-electron chi connectivity index (χ0n) is 17.9. The van der Waals surface area contributed by atoms with Crippen molar-refractivity contribution in [2.24, 2.45) is 0 Å². The minimum absolute atomic E-state index is 0.0397. The second-order valence-corrected chi connectivity index (χ2v) is 7.64. The Balaban J connectivity index is 1.54. The van der Waals surface area contributed by atoms with E-state index in [9.17, 15) is 19.8 Å². The Morgan fingerprint density at radius 3 is 2.33 bits per heavy atom. The molecule has 0 aliphatic rings. The van der Waals surface area contributed by atoms with Crippen LogP contribution in [0.5, 0.6) is 5.75 Å². The first-order valence-corrected chi connectivity index (χ1v) is 10.3. The molecule has 5 nitrogen and oxygen atoms in total. The number of aromatic hydroxyl groups is 1. The van der Waals surface area contributed by atoms with Crippen LogP contribution in [0.4, 0.5) is 0 Å². The van der Waals surface area contributed by atoms with Crippen LogP contribution in [-0.2, 0) is 0 Å². The Morgan fingerprint density at radius 1 is 0.818 bits per heavy atom. The standard InChI is InChI=1S/C28H21NO4/c1-18-15-23(27(31)24(16-18)28(32)33)26(30)14-10-20-6-4-5-19(17-20)9-12-22-13-11-21-7-2-3-8-25(21)29-22/h2-17,31H,1H3,(H,32,33). The normalized spacial score (nSPS) is 11.4. The van der Waals surface area contributed by atoms with Gasteiger partial charge in [0.2, 0.25) is 0 Å². The molecule has 5 heteroatoms. The molecule has 33 heavy (non-hydrogen) atoms. The van der Waals surface area contributed by atoms with Crippen LogP contribution in [0, 0.1) is 6.92 Å². The van der Waals surface area contributed by atoms with E-state index >= 15 is 0 Å². The van der Waals surface area contributed by atoms with Crippen molar-refractivity contribution in [1.29, 1.82) is 0 Å². The number of hydrogen-bond donors (Lipinski definition) is 2. The topological polar surface area (TPSA) is 87.5 Å². The quantitative estimate of drug-likeness (QED) is 0.286. The van der Waals surface area contributed by atoms with Gasteiger partial charge in [0.05, 0.1) is 16.8 Å². The molecule has 0 amide bonds. The second-order valence-electron chi connectivity index (χ2n) is 7.64. The number of carbonyl (C=O) groups excluding carboxylic acids is 1. The number of aryl methyl sites for hydroxylation is 1. The summed E-state index contributed by atoms with van der Waals surface area (Å²) in [6.45, 7) is 1.67. The van der Waals surface area contributed by atoms with Crippen molar-refractivity contribution in [3.8, 4) is 5.75 Å². The van der Waals surface area contributed by atoms with Crippen LogP contribution in [0.25, 0.3) is 29.1 Å². The highest BCUT2D eigenvalue weighted by atomic mass is 16.4. The van der Waals surface area contributed by atoms with Gasteiger partial charge in [0.1, 0.15) is 11.3 Å². The highest BCUT2D eigenvalue weighted by molar-refractivity contribution is 6.10. The van der Waals surface area contributed by atoms with E-state index in [1.54, 1.807) is 13.0 Å². The molecule has 0 unspecified atom stereocenters. The molecular formula is C28H21NO4. The molecule has 0 spiro atoms. The van der Waals surface area contributed by atoms with E-state index < -0.39 is 17.5 Å². The van der Waals surface area contributed by atoms with Crippen molar-refractivity contribution in [2.45, 2.75) is 6.92 Å². The van der Waals surface area contributed by atoms with E-state index in [4.69, 9.17) is 0 Å². The Kier molecular flexibility index (Phi) is 6.13. The fourth-order valence-electron chi connectivity index (χ4n) is 3.51. The molecule has 0 atom stereocenters. The lowest BCUT2D eigenvalue weighted by atomic mass is 10.0. The first kappa shape index (κ1) is 21.7. The van der Waals surface area contributed by atoms with Gasteiger partial charge in [0, 0.05) is 5.39 Å². The van der Waals surface area contributed by atoms with Crippen LogP contribution in [0.15, 0.2) is 78.9 Å². The van der Waals surface area contributed by atoms with Gasteiger partial charge in [-0.15, -0.1) is 0 Å². The molecule has 0 saturated heterocycles. The van der Waals surface area contributed by atoms with Gasteiger partial charge in [-0.1, -0.05) is 54.6 Å². The van der Waals surface area contributed by atoms with Crippen molar-refractivity contribution in [3.05, 3.63) is 112 Å². The Labute approximate surface area is 191 Å². The summed E-state index contributed by atoms with van der Waals surface area (Å²) >= 11 is 0. The van der Waals surface area contributed by atoms with Crippen molar-refractivity contribution >= 4 is 40.9 Å². The molecule has 0 saturated carbocycles. The van der Waals surface area contributed by atoms with Crippen LogP contribution in [0.2, 0.25) is 0 Å². The third-order valence-electron chi connectivity index (χ3n) is 5.15. The average Bonchev–Trinajstić information content (AvgIpc) is 2.82. The molecule has 2 N–H and O–H groups in total. The van der Waals surface area contributed by atoms with Crippen molar-refractivity contribution < 1.29 is 19.8 Å². The monoisotopic (exact) mass is 435 g/mol. The predicted molar refractivity (Wildman–Crippen MR) is 130 cm³/mol. The number of nitrogens with zero attached hydrogens (tertiary/aromatic N) is 1. The Morgan fingerprint density at radius 2 is 1.55 bits per heavy atom. The Hall–Kier alpha value is -4.51. The number of allylic oxidation sites excluding steroid dienone is 1. The Bertz CT molecular complexity index is 1430. The van der Waals surface area contributed by atoms with Gasteiger partial charge in [-0.05, 0) is 66.1 Å². The smallest absolute Gasteiger partial charge is 0.339 e. The van der Waals surface area contributed by atoms with E-state index in [2.05, 4.69) is 4.98 Å². The van der Waals surface area contributed by atoms with Crippen LogP contribution >= 0.6 is 0 Å². The number of rotatable bonds is 6. The molecule has 3 aromatic carbocycles. The minimum Gasteiger partial charge on any atom is -0.506 e. The number of para-hydroxylation sites is 1. The van der Waals surface area contributed by atoms with Crippen molar-refractivity contribution in [2.75, 3.05) is 0 Å². The summed E-state index contributed by atoms with van der Waals surface area (Å²) in [7, 11) is 0. The number of ketones is 1. The molecule has 1 aromatic heterocycles. The molecule has 0 radical (unpaired) electrons. The minimum atomic E-state index is -1.28. The summed E-state index contributed by atoms with van der Waals surface area (Å²) in [5.74, 6) is -2.28. The lowest BCUT2D eigenvalue weighted by Gasteiger charge is -2.06. The highest BCUT2D eigenvalue weighted by Gasteiger charge is 2.17. The number of fused-ring (bicyclic) bond motifs is 1. The van der Waals surface area contributed by atoms with Crippen molar-refractivity contribution in [3.63, 3.8) is 0 Å². The van der Waals surface area contributed by atoms with E-state index in [0.29, 0.717) is 5.56 Å². The zero-order valence-corrected chi connectivity index (χ0v) is 17.9. The molecule has 1 heterocycles. The summed E-state index contributed by atoms with van der Waals surface area (Å²) in [6.07, 6.45) is 6.84. The van der Waals surface area contributed by atoms with E-state index in [-0.39, 0.29) is 11.1 Å². The highest BCUT2D eigenvalue weighted by Crippen LogP contribution is 2.26. The van der Waals surface area contributed by atoms with Gasteiger partial charge in [-0.25, -0.2) is 9.78 Å². The third kappa shape index (κ3) is 5.05. The third-order valence-corrected chi connectivity index (χ3v) is 5.15. The van der Waals surface area contributed by atoms with Gasteiger partial charge in [-0.2, -0.15) is 0 Å². The number of pyridine rings is 1. The molecule has 162 valence electrons. The number of benzene rings is 3. The molecule has 0 bridgehead atoms. The molecule has 0 aliphatic carbocycles. The number of carbonyl (C=O) groups is 2. The lowest BCUT2D eigenvalue weighted by Crippen LogP contribution is -2.03. The second kappa shape index (κ2) is 9.32. The fourth-order valence-corrected chi connectivity index (χ4v) is 3.51. The van der Waals surface area contributed by atoms with Crippen LogP contribution < -0.4 is 0 Å². The molecule has 0 fully saturated rings. The van der Waals surface area contributed by atoms with Gasteiger partial charge < -0.3 is 10.2 Å². The van der Waals surface area contributed by atoms with Crippen molar-refractivity contribution in [1.82, 2.24) is 4.98 Å². The zero-order chi connectivity index (χ0) is 23.4. The maximum Gasteiger partial charge on any atom is 0.339 e. The van der Waals surface area contributed by atoms with E-state index in [0.717, 1.165) is 27.7 Å². The summed E-state index contributed by atoms with van der Waals surface area (Å²) < 4.78 is 0. The largest absolute Gasteiger partial charge is 0.506 e. The summed E-state index contributed by atoms with van der Waals surface area (Å²) in [5, 5.41) is 20.5. The average molecular weight is 435 g/mol.